The summed E-state index contributed by atoms with van der Waals surface area (Å²) >= 11 is 0. The Morgan fingerprint density at radius 2 is 2.06 bits per heavy atom. The molecule has 0 atom stereocenters. The van der Waals surface area contributed by atoms with Crippen molar-refractivity contribution in [3.8, 4) is 11.5 Å². The molecule has 88 valence electrons. The Balaban J connectivity index is 3.11. The van der Waals surface area contributed by atoms with Crippen LogP contribution in [0.25, 0.3) is 0 Å². The number of hydrogen-bond acceptors (Lipinski definition) is 5. The van der Waals surface area contributed by atoms with Crippen molar-refractivity contribution in [1.29, 1.82) is 0 Å². The van der Waals surface area contributed by atoms with Gasteiger partial charge in [0.2, 0.25) is 6.01 Å². The van der Waals surface area contributed by atoms with Gasteiger partial charge in [-0.25, -0.2) is 4.39 Å². The van der Waals surface area contributed by atoms with Crippen LogP contribution in [-0.4, -0.2) is 25.3 Å². The second-order valence-corrected chi connectivity index (χ2v) is 4.52. The Hall–Kier alpha value is -1.63. The van der Waals surface area contributed by atoms with E-state index in [4.69, 9.17) is 0 Å². The van der Waals surface area contributed by atoms with Gasteiger partial charge in [0, 0.05) is 11.6 Å². The maximum absolute atomic E-state index is 12.0. The second kappa shape index (κ2) is 4.48. The fraction of sp³-hybridized carbons (Fsp3) is 0.222. The van der Waals surface area contributed by atoms with Crippen LogP contribution < -0.4 is 4.18 Å². The topological polar surface area (TPSA) is 80.7 Å². The first kappa shape index (κ1) is 12.4. The molecule has 0 aliphatic rings. The van der Waals surface area contributed by atoms with Gasteiger partial charge < -0.3 is 9.29 Å². The van der Waals surface area contributed by atoms with Gasteiger partial charge in [0.15, 0.2) is 5.78 Å². The molecule has 0 aromatic heterocycles. The quantitative estimate of drug-likeness (QED) is 0.640. The SMILES string of the molecule is CC(=O)c1cc(O)cc(OS(=O)(=O)CF)c1. The summed E-state index contributed by atoms with van der Waals surface area (Å²) in [4.78, 5) is 11.0. The Morgan fingerprint density at radius 3 is 2.56 bits per heavy atom. The van der Waals surface area contributed by atoms with E-state index >= 15 is 0 Å². The van der Waals surface area contributed by atoms with E-state index in [0.29, 0.717) is 0 Å². The highest BCUT2D eigenvalue weighted by atomic mass is 32.2. The number of Topliss-reactive ketones (excluding diaryl/α,β-unsaturated/α-hetero) is 1. The van der Waals surface area contributed by atoms with Gasteiger partial charge in [0.25, 0.3) is 0 Å². The number of alkyl halides is 1. The third-order valence-electron chi connectivity index (χ3n) is 1.65. The molecule has 0 amide bonds. The lowest BCUT2D eigenvalue weighted by Gasteiger charge is -2.05. The molecule has 1 aromatic rings. The molecule has 0 radical (unpaired) electrons. The molecule has 0 unspecified atom stereocenters. The molecule has 1 aromatic carbocycles. The molecular weight excluding hydrogens is 239 g/mol. The van der Waals surface area contributed by atoms with E-state index in [-0.39, 0.29) is 22.8 Å². The summed E-state index contributed by atoms with van der Waals surface area (Å²) in [6.07, 6.45) is 0. The van der Waals surface area contributed by atoms with Crippen molar-refractivity contribution < 1.29 is 26.9 Å². The lowest BCUT2D eigenvalue weighted by atomic mass is 10.1. The van der Waals surface area contributed by atoms with Crippen molar-refractivity contribution in [3.05, 3.63) is 23.8 Å². The zero-order valence-electron chi connectivity index (χ0n) is 8.31. The maximum atomic E-state index is 12.0. The number of carbonyl (C=O) groups is 1. The summed E-state index contributed by atoms with van der Waals surface area (Å²) in [5.74, 6) is -1.02. The Morgan fingerprint density at radius 1 is 1.44 bits per heavy atom. The fourth-order valence-corrected chi connectivity index (χ4v) is 1.44. The molecule has 7 heteroatoms. The van der Waals surface area contributed by atoms with Crippen LogP contribution in [0, 0.1) is 0 Å². The first-order chi connectivity index (χ1) is 7.34. The smallest absolute Gasteiger partial charge is 0.339 e. The standard InChI is InChI=1S/C9H9FO5S/c1-6(11)7-2-8(12)4-9(3-7)15-16(13,14)5-10/h2-4,12H,5H2,1H3. The Bertz CT molecular complexity index is 509. The first-order valence-electron chi connectivity index (χ1n) is 4.17. The number of halogens is 1. The summed E-state index contributed by atoms with van der Waals surface area (Å²) in [7, 11) is -4.32. The molecule has 1 N–H and O–H groups in total. The van der Waals surface area contributed by atoms with Gasteiger partial charge in [-0.1, -0.05) is 0 Å². The lowest BCUT2D eigenvalue weighted by Crippen LogP contribution is -2.10. The van der Waals surface area contributed by atoms with Crippen LogP contribution in [0.3, 0.4) is 0 Å². The number of phenolic OH excluding ortho intramolecular Hbond substituents is 1. The minimum atomic E-state index is -4.32. The van der Waals surface area contributed by atoms with Crippen molar-refractivity contribution >= 4 is 15.9 Å². The molecule has 0 heterocycles. The van der Waals surface area contributed by atoms with Crippen LogP contribution >= 0.6 is 0 Å². The number of hydrogen-bond donors (Lipinski definition) is 1. The normalized spacial score (nSPS) is 11.1. The van der Waals surface area contributed by atoms with Gasteiger partial charge in [0.1, 0.15) is 11.5 Å². The molecule has 0 aliphatic heterocycles. The molecule has 0 bridgehead atoms. The van der Waals surface area contributed by atoms with E-state index < -0.39 is 16.1 Å². The van der Waals surface area contributed by atoms with Crippen LogP contribution in [0.5, 0.6) is 11.5 Å². The minimum absolute atomic E-state index is 0.0732. The van der Waals surface area contributed by atoms with Crippen molar-refractivity contribution in [1.82, 2.24) is 0 Å². The third-order valence-corrected chi connectivity index (χ3v) is 2.37. The van der Waals surface area contributed by atoms with Gasteiger partial charge in [0.05, 0.1) is 0 Å². The number of benzene rings is 1. The average molecular weight is 248 g/mol. The highest BCUT2D eigenvalue weighted by molar-refractivity contribution is 7.86. The number of carbonyl (C=O) groups excluding carboxylic acids is 1. The predicted octanol–water partition coefficient (Wildman–Crippen LogP) is 1.23. The molecular formula is C9H9FO5S. The summed E-state index contributed by atoms with van der Waals surface area (Å²) < 4.78 is 37.9. The summed E-state index contributed by atoms with van der Waals surface area (Å²) in [6.45, 7) is 1.24. The molecule has 0 fully saturated rings. The molecule has 5 nitrogen and oxygen atoms in total. The van der Waals surface area contributed by atoms with E-state index in [1.165, 1.54) is 6.92 Å². The molecule has 0 spiro atoms. The van der Waals surface area contributed by atoms with Gasteiger partial charge in [-0.05, 0) is 19.1 Å². The molecule has 0 saturated heterocycles. The number of ketones is 1. The lowest BCUT2D eigenvalue weighted by molar-refractivity contribution is 0.101. The largest absolute Gasteiger partial charge is 0.508 e. The van der Waals surface area contributed by atoms with E-state index in [1.54, 1.807) is 0 Å². The van der Waals surface area contributed by atoms with E-state index in [9.17, 15) is 22.7 Å². The number of aromatic hydroxyl groups is 1. The Kier molecular flexibility index (Phi) is 3.48. The highest BCUT2D eigenvalue weighted by Gasteiger charge is 2.14. The van der Waals surface area contributed by atoms with E-state index in [0.717, 1.165) is 18.2 Å². The zero-order chi connectivity index (χ0) is 12.3. The van der Waals surface area contributed by atoms with Crippen LogP contribution in [0.4, 0.5) is 4.39 Å². The van der Waals surface area contributed by atoms with Gasteiger partial charge in [-0.2, -0.15) is 8.42 Å². The monoisotopic (exact) mass is 248 g/mol. The zero-order valence-corrected chi connectivity index (χ0v) is 9.12. The van der Waals surface area contributed by atoms with Crippen molar-refractivity contribution in [2.75, 3.05) is 6.01 Å². The maximum Gasteiger partial charge on any atom is 0.339 e. The molecule has 16 heavy (non-hydrogen) atoms. The average Bonchev–Trinajstić information content (AvgIpc) is 2.16. The van der Waals surface area contributed by atoms with Gasteiger partial charge in [-0.3, -0.25) is 4.79 Å². The highest BCUT2D eigenvalue weighted by Crippen LogP contribution is 2.23. The Labute approximate surface area is 91.6 Å². The van der Waals surface area contributed by atoms with Crippen LogP contribution in [0.15, 0.2) is 18.2 Å². The van der Waals surface area contributed by atoms with E-state index in [2.05, 4.69) is 4.18 Å². The van der Waals surface area contributed by atoms with Crippen LogP contribution in [-0.2, 0) is 10.1 Å². The molecule has 1 rings (SSSR count). The molecule has 0 saturated carbocycles. The van der Waals surface area contributed by atoms with Crippen LogP contribution in [0.1, 0.15) is 17.3 Å². The second-order valence-electron chi connectivity index (χ2n) is 3.02. The summed E-state index contributed by atoms with van der Waals surface area (Å²) in [6, 6.07) is 1.55. The molecule has 0 aliphatic carbocycles. The number of phenols is 1. The van der Waals surface area contributed by atoms with Crippen molar-refractivity contribution in [2.24, 2.45) is 0 Å². The third kappa shape index (κ3) is 3.20. The van der Waals surface area contributed by atoms with E-state index in [1.807, 2.05) is 0 Å². The first-order valence-corrected chi connectivity index (χ1v) is 5.75. The van der Waals surface area contributed by atoms with Gasteiger partial charge >= 0.3 is 10.1 Å². The number of rotatable bonds is 4. The summed E-state index contributed by atoms with van der Waals surface area (Å²) in [5.41, 5.74) is 0.0732. The summed E-state index contributed by atoms with van der Waals surface area (Å²) in [5, 5.41) is 9.19. The van der Waals surface area contributed by atoms with Crippen molar-refractivity contribution in [2.45, 2.75) is 6.92 Å². The van der Waals surface area contributed by atoms with Crippen molar-refractivity contribution in [3.63, 3.8) is 0 Å². The predicted molar refractivity (Wildman–Crippen MR) is 53.6 cm³/mol. The van der Waals surface area contributed by atoms with Crippen LogP contribution in [0.2, 0.25) is 0 Å². The minimum Gasteiger partial charge on any atom is -0.508 e. The fourth-order valence-electron chi connectivity index (χ4n) is 1.00. The van der Waals surface area contributed by atoms with Gasteiger partial charge in [-0.15, -0.1) is 0 Å².